The summed E-state index contributed by atoms with van der Waals surface area (Å²) in [5.41, 5.74) is 1.28. The Morgan fingerprint density at radius 3 is 2.44 bits per heavy atom. The molecular formula is C18H18INO5. The molecule has 0 aliphatic heterocycles. The van der Waals surface area contributed by atoms with Crippen molar-refractivity contribution < 1.29 is 23.8 Å². The molecule has 0 radical (unpaired) electrons. The summed E-state index contributed by atoms with van der Waals surface area (Å²) in [4.78, 5) is 23.8. The molecule has 25 heavy (non-hydrogen) atoms. The maximum absolute atomic E-state index is 12.0. The lowest BCUT2D eigenvalue weighted by Gasteiger charge is -2.10. The molecule has 6 nitrogen and oxygen atoms in total. The molecule has 132 valence electrons. The number of rotatable bonds is 7. The molecule has 0 atom stereocenters. The zero-order chi connectivity index (χ0) is 18.2. The van der Waals surface area contributed by atoms with Crippen LogP contribution in [0.1, 0.15) is 15.9 Å². The van der Waals surface area contributed by atoms with E-state index in [0.717, 1.165) is 9.13 Å². The molecule has 0 saturated heterocycles. The van der Waals surface area contributed by atoms with Crippen molar-refractivity contribution >= 4 is 34.5 Å². The van der Waals surface area contributed by atoms with E-state index in [0.29, 0.717) is 23.6 Å². The Morgan fingerprint density at radius 2 is 1.76 bits per heavy atom. The van der Waals surface area contributed by atoms with Gasteiger partial charge in [-0.15, -0.1) is 0 Å². The molecule has 0 aliphatic carbocycles. The van der Waals surface area contributed by atoms with Gasteiger partial charge in [0.05, 0.1) is 19.8 Å². The molecule has 0 bridgehead atoms. The summed E-state index contributed by atoms with van der Waals surface area (Å²) in [6.45, 7) is -0.0449. The van der Waals surface area contributed by atoms with Crippen LogP contribution in [0.3, 0.4) is 0 Å². The Balaban J connectivity index is 1.85. The van der Waals surface area contributed by atoms with Crippen molar-refractivity contribution in [2.75, 3.05) is 20.8 Å². The molecule has 0 unspecified atom stereocenters. The zero-order valence-electron chi connectivity index (χ0n) is 13.9. The fourth-order valence-electron chi connectivity index (χ4n) is 2.08. The van der Waals surface area contributed by atoms with Crippen molar-refractivity contribution in [3.63, 3.8) is 0 Å². The Labute approximate surface area is 159 Å². The normalized spacial score (nSPS) is 10.0. The van der Waals surface area contributed by atoms with Gasteiger partial charge in [-0.1, -0.05) is 18.2 Å². The number of carbonyl (C=O) groups excluding carboxylic acids is 2. The first-order chi connectivity index (χ1) is 12.0. The van der Waals surface area contributed by atoms with E-state index < -0.39 is 5.97 Å². The van der Waals surface area contributed by atoms with Gasteiger partial charge in [0.25, 0.3) is 5.91 Å². The maximum Gasteiger partial charge on any atom is 0.339 e. The second kappa shape index (κ2) is 9.26. The Bertz CT molecular complexity index is 763. The molecule has 0 fully saturated rings. The van der Waals surface area contributed by atoms with Crippen molar-refractivity contribution in [1.29, 1.82) is 0 Å². The maximum atomic E-state index is 12.0. The molecule has 0 aliphatic rings. The molecule has 2 rings (SSSR count). The summed E-state index contributed by atoms with van der Waals surface area (Å²) < 4.78 is 16.2. The summed E-state index contributed by atoms with van der Waals surface area (Å²) in [6, 6.07) is 12.4. The van der Waals surface area contributed by atoms with E-state index >= 15 is 0 Å². The standard InChI is InChI=1S/C18H18INO5/c1-23-15-8-7-12(9-16(15)24-2)10-20-17(21)11-25-18(22)13-5-3-4-6-14(13)19/h3-9H,10-11H2,1-2H3,(H,20,21). The third kappa shape index (κ3) is 5.35. The summed E-state index contributed by atoms with van der Waals surface area (Å²) >= 11 is 2.05. The number of benzene rings is 2. The van der Waals surface area contributed by atoms with E-state index in [2.05, 4.69) is 5.32 Å². The smallest absolute Gasteiger partial charge is 0.339 e. The highest BCUT2D eigenvalue weighted by molar-refractivity contribution is 14.1. The highest BCUT2D eigenvalue weighted by Gasteiger charge is 2.13. The topological polar surface area (TPSA) is 73.9 Å². The predicted molar refractivity (Wildman–Crippen MR) is 101 cm³/mol. The van der Waals surface area contributed by atoms with Gasteiger partial charge >= 0.3 is 5.97 Å². The van der Waals surface area contributed by atoms with E-state index in [1.54, 1.807) is 44.6 Å². The average Bonchev–Trinajstić information content (AvgIpc) is 2.64. The van der Waals surface area contributed by atoms with E-state index in [1.165, 1.54) is 0 Å². The number of ether oxygens (including phenoxy) is 3. The lowest BCUT2D eigenvalue weighted by Crippen LogP contribution is -2.28. The van der Waals surface area contributed by atoms with Crippen LogP contribution in [-0.2, 0) is 16.1 Å². The molecule has 0 saturated carbocycles. The van der Waals surface area contributed by atoms with Crippen molar-refractivity contribution in [2.45, 2.75) is 6.54 Å². The fraction of sp³-hybridized carbons (Fsp3) is 0.222. The van der Waals surface area contributed by atoms with E-state index in [4.69, 9.17) is 14.2 Å². The molecule has 1 amide bonds. The Morgan fingerprint density at radius 1 is 1.04 bits per heavy atom. The number of hydrogen-bond donors (Lipinski definition) is 1. The minimum Gasteiger partial charge on any atom is -0.493 e. The third-order valence-corrected chi connectivity index (χ3v) is 4.31. The first-order valence-electron chi connectivity index (χ1n) is 7.44. The average molecular weight is 455 g/mol. The summed E-state index contributed by atoms with van der Waals surface area (Å²) in [7, 11) is 3.10. The van der Waals surface area contributed by atoms with Crippen LogP contribution in [0.25, 0.3) is 0 Å². The lowest BCUT2D eigenvalue weighted by atomic mass is 10.2. The van der Waals surface area contributed by atoms with Crippen molar-refractivity contribution in [3.8, 4) is 11.5 Å². The van der Waals surface area contributed by atoms with Crippen LogP contribution >= 0.6 is 22.6 Å². The highest BCUT2D eigenvalue weighted by atomic mass is 127. The van der Waals surface area contributed by atoms with E-state index in [1.807, 2.05) is 34.7 Å². The summed E-state index contributed by atoms with van der Waals surface area (Å²) in [5, 5.41) is 2.69. The molecule has 7 heteroatoms. The monoisotopic (exact) mass is 455 g/mol. The molecule has 1 N–H and O–H groups in total. The van der Waals surface area contributed by atoms with Crippen molar-refractivity contribution in [3.05, 3.63) is 57.2 Å². The van der Waals surface area contributed by atoms with Gasteiger partial charge < -0.3 is 19.5 Å². The quantitative estimate of drug-likeness (QED) is 0.514. The molecule has 0 aromatic heterocycles. The third-order valence-electron chi connectivity index (χ3n) is 3.37. The van der Waals surface area contributed by atoms with Crippen molar-refractivity contribution in [1.82, 2.24) is 5.32 Å². The van der Waals surface area contributed by atoms with Crippen LogP contribution in [-0.4, -0.2) is 32.7 Å². The largest absolute Gasteiger partial charge is 0.493 e. The van der Waals surface area contributed by atoms with Gasteiger partial charge in [0, 0.05) is 10.1 Å². The van der Waals surface area contributed by atoms with Crippen LogP contribution in [0.2, 0.25) is 0 Å². The number of esters is 1. The summed E-state index contributed by atoms with van der Waals surface area (Å²) in [6.07, 6.45) is 0. The molecule has 2 aromatic rings. The van der Waals surface area contributed by atoms with Gasteiger partial charge in [0.1, 0.15) is 0 Å². The highest BCUT2D eigenvalue weighted by Crippen LogP contribution is 2.27. The zero-order valence-corrected chi connectivity index (χ0v) is 16.0. The molecule has 0 spiro atoms. The second-order valence-corrected chi connectivity index (χ2v) is 6.18. The first-order valence-corrected chi connectivity index (χ1v) is 8.52. The number of carbonyl (C=O) groups is 2. The molecular weight excluding hydrogens is 437 g/mol. The fourth-order valence-corrected chi connectivity index (χ4v) is 2.69. The van der Waals surface area contributed by atoms with Crippen LogP contribution in [0, 0.1) is 3.57 Å². The van der Waals surface area contributed by atoms with Gasteiger partial charge in [-0.25, -0.2) is 4.79 Å². The van der Waals surface area contributed by atoms with E-state index in [9.17, 15) is 9.59 Å². The number of halogens is 1. The number of amides is 1. The van der Waals surface area contributed by atoms with Crippen LogP contribution in [0.15, 0.2) is 42.5 Å². The SMILES string of the molecule is COc1ccc(CNC(=O)COC(=O)c2ccccc2I)cc1OC. The van der Waals surface area contributed by atoms with Gasteiger partial charge in [-0.2, -0.15) is 0 Å². The van der Waals surface area contributed by atoms with Crippen LogP contribution in [0.5, 0.6) is 11.5 Å². The molecule has 2 aromatic carbocycles. The van der Waals surface area contributed by atoms with Crippen LogP contribution in [0.4, 0.5) is 0 Å². The van der Waals surface area contributed by atoms with Crippen molar-refractivity contribution in [2.24, 2.45) is 0 Å². The van der Waals surface area contributed by atoms with Crippen LogP contribution < -0.4 is 14.8 Å². The van der Waals surface area contributed by atoms with Gasteiger partial charge in [-0.3, -0.25) is 4.79 Å². The summed E-state index contributed by atoms with van der Waals surface area (Å²) in [5.74, 6) is 0.295. The Hall–Kier alpha value is -2.29. The lowest BCUT2D eigenvalue weighted by molar-refractivity contribution is -0.124. The van der Waals surface area contributed by atoms with E-state index in [-0.39, 0.29) is 12.5 Å². The van der Waals surface area contributed by atoms with Gasteiger partial charge in [0.15, 0.2) is 18.1 Å². The predicted octanol–water partition coefficient (Wildman–Crippen LogP) is 2.78. The second-order valence-electron chi connectivity index (χ2n) is 5.02. The number of hydrogen-bond acceptors (Lipinski definition) is 5. The number of nitrogens with one attached hydrogen (secondary N) is 1. The minimum absolute atomic E-state index is 0.291. The van der Waals surface area contributed by atoms with Gasteiger partial charge in [0.2, 0.25) is 0 Å². The first kappa shape index (κ1) is 19.0. The van der Waals surface area contributed by atoms with Gasteiger partial charge in [-0.05, 0) is 52.4 Å². The molecule has 0 heterocycles. The minimum atomic E-state index is -0.522. The number of methoxy groups -OCH3 is 2. The Kier molecular flexibility index (Phi) is 7.05.